The predicted molar refractivity (Wildman–Crippen MR) is 154 cm³/mol. The zero-order chi connectivity index (χ0) is 29.5. The van der Waals surface area contributed by atoms with E-state index < -0.39 is 29.8 Å². The van der Waals surface area contributed by atoms with Crippen LogP contribution in [0.2, 0.25) is 0 Å². The third kappa shape index (κ3) is 11.4. The second-order valence-electron chi connectivity index (χ2n) is 9.15. The van der Waals surface area contributed by atoms with Crippen LogP contribution in [0.15, 0.2) is 72.8 Å². The number of aliphatic carboxylic acids is 1. The van der Waals surface area contributed by atoms with E-state index in [1.807, 2.05) is 18.2 Å². The first kappa shape index (κ1) is 31.9. The molecule has 0 saturated heterocycles. The Balaban J connectivity index is 1.51. The number of ether oxygens (including phenoxy) is 3. The molecule has 7 nitrogen and oxygen atoms in total. The molecule has 3 aromatic rings. The standard InChI is InChI=1S/C31H35F2NO6S/c1-2-38-29(30(35)36)19-23-9-13-27(14-10-23)39-17-16-34(15-6-18-41-22-24-7-4-3-5-8-24)31(37)40-21-25-11-12-26(32)20-28(25)33/h3-5,7-14,20,29H,2,6,15-19,21-22H2,1H3,(H,35,36). The average Bonchev–Trinajstić information content (AvgIpc) is 2.96. The van der Waals surface area contributed by atoms with Crippen molar-refractivity contribution in [2.24, 2.45) is 0 Å². The highest BCUT2D eigenvalue weighted by molar-refractivity contribution is 7.98. The molecule has 0 aliphatic carbocycles. The normalized spacial score (nSPS) is 11.6. The fraction of sp³-hybridized carbons (Fsp3) is 0.355. The van der Waals surface area contributed by atoms with Gasteiger partial charge in [-0.15, -0.1) is 0 Å². The van der Waals surface area contributed by atoms with E-state index in [9.17, 15) is 23.5 Å². The summed E-state index contributed by atoms with van der Waals surface area (Å²) in [6.07, 6.45) is -0.575. The number of amides is 1. The maximum Gasteiger partial charge on any atom is 0.410 e. The van der Waals surface area contributed by atoms with Gasteiger partial charge < -0.3 is 24.2 Å². The van der Waals surface area contributed by atoms with Gasteiger partial charge in [-0.2, -0.15) is 11.8 Å². The van der Waals surface area contributed by atoms with Crippen LogP contribution < -0.4 is 4.74 Å². The number of hydrogen-bond donors (Lipinski definition) is 1. The van der Waals surface area contributed by atoms with Crippen LogP contribution in [0.1, 0.15) is 30.0 Å². The first-order valence-electron chi connectivity index (χ1n) is 13.4. The lowest BCUT2D eigenvalue weighted by Gasteiger charge is -2.22. The van der Waals surface area contributed by atoms with E-state index in [1.165, 1.54) is 16.5 Å². The van der Waals surface area contributed by atoms with Crippen LogP contribution in [-0.2, 0) is 33.0 Å². The van der Waals surface area contributed by atoms with E-state index in [0.29, 0.717) is 18.9 Å². The van der Waals surface area contributed by atoms with Gasteiger partial charge in [-0.25, -0.2) is 18.4 Å². The maximum atomic E-state index is 14.0. The number of carboxylic acids is 1. The minimum atomic E-state index is -1.01. The lowest BCUT2D eigenvalue weighted by atomic mass is 10.1. The van der Waals surface area contributed by atoms with Crippen molar-refractivity contribution in [1.82, 2.24) is 4.90 Å². The van der Waals surface area contributed by atoms with E-state index in [4.69, 9.17) is 14.2 Å². The molecule has 0 spiro atoms. The summed E-state index contributed by atoms with van der Waals surface area (Å²) in [5.74, 6) is -0.228. The summed E-state index contributed by atoms with van der Waals surface area (Å²) >= 11 is 1.76. The molecule has 41 heavy (non-hydrogen) atoms. The summed E-state index contributed by atoms with van der Waals surface area (Å²) in [6.45, 7) is 2.58. The van der Waals surface area contributed by atoms with Crippen molar-refractivity contribution in [3.05, 3.63) is 101 Å². The smallest absolute Gasteiger partial charge is 0.410 e. The second-order valence-corrected chi connectivity index (χ2v) is 10.3. The van der Waals surface area contributed by atoms with Crippen molar-refractivity contribution in [1.29, 1.82) is 0 Å². The molecule has 1 atom stereocenters. The summed E-state index contributed by atoms with van der Waals surface area (Å²) in [4.78, 5) is 25.7. The van der Waals surface area contributed by atoms with E-state index in [-0.39, 0.29) is 31.7 Å². The molecule has 10 heteroatoms. The number of carbonyl (C=O) groups is 2. The molecule has 1 amide bonds. The van der Waals surface area contributed by atoms with Crippen LogP contribution in [0, 0.1) is 11.6 Å². The number of rotatable bonds is 17. The number of halogens is 2. The van der Waals surface area contributed by atoms with Crippen molar-refractivity contribution >= 4 is 23.8 Å². The fourth-order valence-corrected chi connectivity index (χ4v) is 4.82. The lowest BCUT2D eigenvalue weighted by molar-refractivity contribution is -0.149. The molecule has 0 heterocycles. The third-order valence-corrected chi connectivity index (χ3v) is 7.19. The van der Waals surface area contributed by atoms with Crippen LogP contribution in [-0.4, -0.2) is 60.2 Å². The van der Waals surface area contributed by atoms with Crippen molar-refractivity contribution in [2.75, 3.05) is 32.1 Å². The Hall–Kier alpha value is -3.63. The number of nitrogens with zero attached hydrogens (tertiary/aromatic N) is 1. The van der Waals surface area contributed by atoms with Crippen molar-refractivity contribution < 1.29 is 37.7 Å². The van der Waals surface area contributed by atoms with Crippen molar-refractivity contribution in [3.8, 4) is 5.75 Å². The Kier molecular flexibility index (Phi) is 13.4. The molecular weight excluding hydrogens is 552 g/mol. The molecular formula is C31H35F2NO6S. The highest BCUT2D eigenvalue weighted by Crippen LogP contribution is 2.17. The molecule has 0 radical (unpaired) electrons. The van der Waals surface area contributed by atoms with E-state index >= 15 is 0 Å². The van der Waals surface area contributed by atoms with E-state index in [0.717, 1.165) is 35.6 Å². The molecule has 1 N–H and O–H groups in total. The molecule has 0 aliphatic heterocycles. The molecule has 0 bridgehead atoms. The van der Waals surface area contributed by atoms with Crippen LogP contribution >= 0.6 is 11.8 Å². The number of thioether (sulfide) groups is 1. The molecule has 0 saturated carbocycles. The Bertz CT molecular complexity index is 1230. The average molecular weight is 588 g/mol. The topological polar surface area (TPSA) is 85.3 Å². The lowest BCUT2D eigenvalue weighted by Crippen LogP contribution is -2.36. The minimum Gasteiger partial charge on any atom is -0.492 e. The first-order valence-corrected chi connectivity index (χ1v) is 14.5. The Labute approximate surface area is 243 Å². The second kappa shape index (κ2) is 17.2. The predicted octanol–water partition coefficient (Wildman–Crippen LogP) is 6.34. The van der Waals surface area contributed by atoms with Crippen LogP contribution in [0.25, 0.3) is 0 Å². The first-order chi connectivity index (χ1) is 19.9. The monoisotopic (exact) mass is 587 g/mol. The zero-order valence-corrected chi connectivity index (χ0v) is 23.8. The summed E-state index contributed by atoms with van der Waals surface area (Å²) < 4.78 is 43.6. The molecule has 0 aromatic heterocycles. The van der Waals surface area contributed by atoms with Crippen LogP contribution in [0.3, 0.4) is 0 Å². The number of benzene rings is 3. The summed E-state index contributed by atoms with van der Waals surface area (Å²) in [5, 5.41) is 9.28. The van der Waals surface area contributed by atoms with Crippen LogP contribution in [0.5, 0.6) is 5.75 Å². The molecule has 1 unspecified atom stereocenters. The number of hydrogen-bond acceptors (Lipinski definition) is 6. The zero-order valence-electron chi connectivity index (χ0n) is 23.0. The maximum absolute atomic E-state index is 14.0. The van der Waals surface area contributed by atoms with Crippen molar-refractivity contribution in [3.63, 3.8) is 0 Å². The summed E-state index contributed by atoms with van der Waals surface area (Å²) in [7, 11) is 0. The summed E-state index contributed by atoms with van der Waals surface area (Å²) in [6, 6.07) is 20.3. The summed E-state index contributed by atoms with van der Waals surface area (Å²) in [5.41, 5.74) is 2.11. The van der Waals surface area contributed by atoms with Gasteiger partial charge in [-0.05, 0) is 54.5 Å². The number of carboxylic acid groups (broad SMARTS) is 1. The van der Waals surface area contributed by atoms with E-state index in [2.05, 4.69) is 12.1 Å². The number of carbonyl (C=O) groups excluding carboxylic acids is 1. The Morgan fingerprint density at radius 1 is 0.976 bits per heavy atom. The fourth-order valence-electron chi connectivity index (χ4n) is 3.91. The van der Waals surface area contributed by atoms with Gasteiger partial charge >= 0.3 is 12.1 Å². The third-order valence-electron chi connectivity index (χ3n) is 6.07. The molecule has 0 aliphatic rings. The van der Waals surface area contributed by atoms with Gasteiger partial charge in [0.05, 0.1) is 6.54 Å². The highest BCUT2D eigenvalue weighted by atomic mass is 32.2. The highest BCUT2D eigenvalue weighted by Gasteiger charge is 2.19. The van der Waals surface area contributed by atoms with Gasteiger partial charge in [0.2, 0.25) is 0 Å². The molecule has 3 rings (SSSR count). The van der Waals surface area contributed by atoms with Gasteiger partial charge in [-0.1, -0.05) is 42.5 Å². The van der Waals surface area contributed by atoms with Gasteiger partial charge in [0.25, 0.3) is 0 Å². The van der Waals surface area contributed by atoms with Gasteiger partial charge in [0, 0.05) is 37.0 Å². The van der Waals surface area contributed by atoms with E-state index in [1.54, 1.807) is 43.0 Å². The quantitative estimate of drug-likeness (QED) is 0.185. The van der Waals surface area contributed by atoms with Crippen molar-refractivity contribution in [2.45, 2.75) is 38.2 Å². The van der Waals surface area contributed by atoms with Crippen LogP contribution in [0.4, 0.5) is 13.6 Å². The molecule has 3 aromatic carbocycles. The SMILES string of the molecule is CCOC(Cc1ccc(OCCN(CCCSCc2ccccc2)C(=O)OCc2ccc(F)cc2F)cc1)C(=O)O. The molecule has 220 valence electrons. The largest absolute Gasteiger partial charge is 0.492 e. The van der Waals surface area contributed by atoms with Gasteiger partial charge in [0.1, 0.15) is 30.6 Å². The van der Waals surface area contributed by atoms with Gasteiger partial charge in [-0.3, -0.25) is 0 Å². The Morgan fingerprint density at radius 3 is 2.41 bits per heavy atom. The minimum absolute atomic E-state index is 0.0870. The molecule has 0 fully saturated rings. The van der Waals surface area contributed by atoms with Gasteiger partial charge in [0.15, 0.2) is 6.10 Å². The Morgan fingerprint density at radius 2 is 1.73 bits per heavy atom.